The Bertz CT molecular complexity index is 844. The van der Waals surface area contributed by atoms with E-state index in [1.165, 1.54) is 31.6 Å². The van der Waals surface area contributed by atoms with Gasteiger partial charge in [-0.15, -0.1) is 0 Å². The molecule has 9 heteroatoms. The highest BCUT2D eigenvalue weighted by Crippen LogP contribution is 2.33. The fourth-order valence-electron chi connectivity index (χ4n) is 2.91. The molecule has 2 aromatic heterocycles. The first-order chi connectivity index (χ1) is 13.6. The number of amides is 1. The largest absolute Gasteiger partial charge is 0.490 e. The van der Waals surface area contributed by atoms with Crippen LogP contribution in [0.4, 0.5) is 13.6 Å². The van der Waals surface area contributed by atoms with E-state index >= 15 is 0 Å². The van der Waals surface area contributed by atoms with Gasteiger partial charge in [-0.2, -0.15) is 0 Å². The summed E-state index contributed by atoms with van der Waals surface area (Å²) in [4.78, 5) is 19.4. The highest BCUT2D eigenvalue weighted by molar-refractivity contribution is 5.70. The van der Waals surface area contributed by atoms with Crippen LogP contribution in [0.15, 0.2) is 30.6 Å². The lowest BCUT2D eigenvalue weighted by atomic mass is 9.93. The Labute approximate surface area is 168 Å². The van der Waals surface area contributed by atoms with Crippen LogP contribution in [-0.4, -0.2) is 35.3 Å². The third-order valence-electron chi connectivity index (χ3n) is 4.00. The molecule has 2 rings (SSSR count). The number of carbonyl (C=O) groups excluding carboxylic acids is 1. The zero-order valence-corrected chi connectivity index (χ0v) is 16.9. The molecule has 158 valence electrons. The zero-order chi connectivity index (χ0) is 21.6. The van der Waals surface area contributed by atoms with Gasteiger partial charge in [0, 0.05) is 30.4 Å². The van der Waals surface area contributed by atoms with Gasteiger partial charge in [-0.1, -0.05) is 13.8 Å². The fraction of sp³-hybridized carbons (Fsp3) is 0.450. The first-order valence-electron chi connectivity index (χ1n) is 9.17. The Morgan fingerprint density at radius 1 is 1.31 bits per heavy atom. The van der Waals surface area contributed by atoms with Gasteiger partial charge in [0.25, 0.3) is 6.43 Å². The van der Waals surface area contributed by atoms with Crippen molar-refractivity contribution >= 4 is 6.09 Å². The number of nitrogens with zero attached hydrogens (tertiary/aromatic N) is 2. The summed E-state index contributed by atoms with van der Waals surface area (Å²) >= 11 is 0. The molecule has 0 spiro atoms. The molecule has 0 aliphatic carbocycles. The topological polar surface area (TPSA) is 99.4 Å². The van der Waals surface area contributed by atoms with E-state index in [4.69, 9.17) is 15.2 Å². The van der Waals surface area contributed by atoms with E-state index in [-0.39, 0.29) is 29.5 Å². The van der Waals surface area contributed by atoms with Crippen molar-refractivity contribution in [3.63, 3.8) is 0 Å². The van der Waals surface area contributed by atoms with Crippen LogP contribution in [0.5, 0.6) is 11.6 Å². The lowest BCUT2D eigenvalue weighted by molar-refractivity contribution is 0.139. The molecule has 0 aliphatic rings. The molecule has 0 saturated heterocycles. The van der Waals surface area contributed by atoms with Crippen LogP contribution in [0, 0.1) is 5.92 Å². The molecular weight excluding hydrogens is 382 g/mol. The molecule has 2 aromatic rings. The molecular formula is C20H26F2N4O3. The minimum atomic E-state index is -2.76. The van der Waals surface area contributed by atoms with Crippen LogP contribution in [0.2, 0.25) is 0 Å². The molecule has 0 unspecified atom stereocenters. The molecule has 0 fully saturated rings. The van der Waals surface area contributed by atoms with Gasteiger partial charge in [0.15, 0.2) is 0 Å². The number of nitrogens with two attached hydrogens (primary N) is 1. The van der Waals surface area contributed by atoms with Crippen LogP contribution in [-0.2, 0) is 0 Å². The van der Waals surface area contributed by atoms with Gasteiger partial charge in [0.05, 0.1) is 17.5 Å². The van der Waals surface area contributed by atoms with Gasteiger partial charge in [-0.25, -0.2) is 18.6 Å². The van der Waals surface area contributed by atoms with Crippen molar-refractivity contribution < 1.29 is 23.0 Å². The van der Waals surface area contributed by atoms with E-state index < -0.39 is 18.1 Å². The van der Waals surface area contributed by atoms with Crippen LogP contribution in [0.25, 0.3) is 11.3 Å². The van der Waals surface area contributed by atoms with Crippen molar-refractivity contribution in [3.8, 4) is 22.9 Å². The summed E-state index contributed by atoms with van der Waals surface area (Å²) in [5.41, 5.74) is 5.99. The summed E-state index contributed by atoms with van der Waals surface area (Å²) in [6.45, 7) is 5.97. The highest BCUT2D eigenvalue weighted by atomic mass is 19.3. The van der Waals surface area contributed by atoms with E-state index in [2.05, 4.69) is 15.3 Å². The number of rotatable bonds is 8. The summed E-state index contributed by atoms with van der Waals surface area (Å²) in [6, 6.07) is 4.26. The average Bonchev–Trinajstić information content (AvgIpc) is 2.65. The maximum absolute atomic E-state index is 13.6. The number of nitrogens with one attached hydrogen (secondary N) is 1. The standard InChI is InChI=1S/C20H26F2N4O3/c1-12(2)9-20(3,23)11-28-16-10-26-15(8-14(16)18(21)22)13-5-6-25-17(7-13)29-19(27)24-4/h5-8,10,12,18H,9,11,23H2,1-4H3,(H,24,27)/t20-/m0/s1. The Morgan fingerprint density at radius 2 is 2.03 bits per heavy atom. The van der Waals surface area contributed by atoms with Crippen molar-refractivity contribution in [2.24, 2.45) is 11.7 Å². The number of pyridine rings is 2. The molecule has 2 heterocycles. The lowest BCUT2D eigenvalue weighted by Gasteiger charge is -2.27. The number of alkyl halides is 2. The second-order valence-electron chi connectivity index (χ2n) is 7.47. The number of hydrogen-bond donors (Lipinski definition) is 2. The first kappa shape index (κ1) is 22.5. The summed E-state index contributed by atoms with van der Waals surface area (Å²) in [7, 11) is 1.41. The normalized spacial score (nSPS) is 13.3. The van der Waals surface area contributed by atoms with Crippen LogP contribution >= 0.6 is 0 Å². The third kappa shape index (κ3) is 6.63. The van der Waals surface area contributed by atoms with Gasteiger partial charge < -0.3 is 20.5 Å². The van der Waals surface area contributed by atoms with Crippen LogP contribution in [0.3, 0.4) is 0 Å². The number of ether oxygens (including phenoxy) is 2. The third-order valence-corrected chi connectivity index (χ3v) is 4.00. The first-order valence-corrected chi connectivity index (χ1v) is 9.17. The van der Waals surface area contributed by atoms with E-state index in [0.29, 0.717) is 17.9 Å². The minimum Gasteiger partial charge on any atom is -0.490 e. The molecule has 0 aromatic carbocycles. The monoisotopic (exact) mass is 408 g/mol. The molecule has 0 radical (unpaired) electrons. The maximum atomic E-state index is 13.6. The minimum absolute atomic E-state index is 0.0138. The number of aromatic nitrogens is 2. The van der Waals surface area contributed by atoms with E-state index in [1.54, 1.807) is 6.07 Å². The van der Waals surface area contributed by atoms with E-state index in [0.717, 1.165) is 0 Å². The van der Waals surface area contributed by atoms with Gasteiger partial charge in [-0.3, -0.25) is 4.98 Å². The number of hydrogen-bond acceptors (Lipinski definition) is 6. The second-order valence-corrected chi connectivity index (χ2v) is 7.47. The SMILES string of the molecule is CNC(=O)Oc1cc(-c2cc(C(F)F)c(OC[C@@](C)(N)CC(C)C)cn2)ccn1. The van der Waals surface area contributed by atoms with Crippen LogP contribution in [0.1, 0.15) is 39.2 Å². The number of halogens is 2. The predicted octanol–water partition coefficient (Wildman–Crippen LogP) is 3.94. The van der Waals surface area contributed by atoms with Crippen molar-refractivity contribution in [2.45, 2.75) is 39.2 Å². The Hall–Kier alpha value is -2.81. The predicted molar refractivity (Wildman–Crippen MR) is 105 cm³/mol. The fourth-order valence-corrected chi connectivity index (χ4v) is 2.91. The number of carbonyl (C=O) groups is 1. The maximum Gasteiger partial charge on any atom is 0.413 e. The molecule has 0 saturated carbocycles. The van der Waals surface area contributed by atoms with Crippen molar-refractivity contribution in [2.75, 3.05) is 13.7 Å². The quantitative estimate of drug-likeness (QED) is 0.686. The molecule has 29 heavy (non-hydrogen) atoms. The zero-order valence-electron chi connectivity index (χ0n) is 16.9. The molecule has 0 aliphatic heterocycles. The molecule has 1 amide bonds. The van der Waals surface area contributed by atoms with E-state index in [1.807, 2.05) is 20.8 Å². The average molecular weight is 408 g/mol. The van der Waals surface area contributed by atoms with Gasteiger partial charge in [-0.05, 0) is 31.4 Å². The summed E-state index contributed by atoms with van der Waals surface area (Å²) in [5, 5.41) is 2.30. The lowest BCUT2D eigenvalue weighted by Crippen LogP contribution is -2.43. The Morgan fingerprint density at radius 3 is 2.66 bits per heavy atom. The summed E-state index contributed by atoms with van der Waals surface area (Å²) in [6.07, 6.45) is -0.112. The smallest absolute Gasteiger partial charge is 0.413 e. The van der Waals surface area contributed by atoms with Crippen molar-refractivity contribution in [1.29, 1.82) is 0 Å². The molecule has 3 N–H and O–H groups in total. The van der Waals surface area contributed by atoms with Gasteiger partial charge >= 0.3 is 6.09 Å². The Balaban J connectivity index is 2.26. The summed E-state index contributed by atoms with van der Waals surface area (Å²) in [5.74, 6) is 0.358. The Kier molecular flexibility index (Phi) is 7.44. The molecule has 7 nitrogen and oxygen atoms in total. The molecule has 1 atom stereocenters. The second kappa shape index (κ2) is 9.60. The van der Waals surface area contributed by atoms with Crippen molar-refractivity contribution in [3.05, 3.63) is 36.2 Å². The highest BCUT2D eigenvalue weighted by Gasteiger charge is 2.23. The summed E-state index contributed by atoms with van der Waals surface area (Å²) < 4.78 is 37.8. The van der Waals surface area contributed by atoms with Crippen LogP contribution < -0.4 is 20.5 Å². The van der Waals surface area contributed by atoms with E-state index in [9.17, 15) is 13.6 Å². The van der Waals surface area contributed by atoms with Crippen molar-refractivity contribution in [1.82, 2.24) is 15.3 Å². The van der Waals surface area contributed by atoms with Gasteiger partial charge in [0.2, 0.25) is 5.88 Å². The molecule has 0 bridgehead atoms. The van der Waals surface area contributed by atoms with Gasteiger partial charge in [0.1, 0.15) is 12.4 Å².